The molecule has 1 aliphatic heterocycles. The summed E-state index contributed by atoms with van der Waals surface area (Å²) in [4.78, 5) is 54.7. The maximum atomic E-state index is 13.6. The number of hydrogen-bond donors (Lipinski definition) is 2. The minimum Gasteiger partial charge on any atom is -0.457 e. The fourth-order valence-corrected chi connectivity index (χ4v) is 5.59. The summed E-state index contributed by atoms with van der Waals surface area (Å²) in [5, 5.41) is 0. The Labute approximate surface area is 298 Å². The number of carbonyl (C=O) groups excluding carboxylic acids is 4. The van der Waals surface area contributed by atoms with Gasteiger partial charge in [0.1, 0.15) is 34.5 Å². The fourth-order valence-electron chi connectivity index (χ4n) is 5.59. The van der Waals surface area contributed by atoms with E-state index in [-0.39, 0.29) is 28.2 Å². The summed E-state index contributed by atoms with van der Waals surface area (Å²) >= 11 is 0. The lowest BCUT2D eigenvalue weighted by molar-refractivity contribution is -0.106. The van der Waals surface area contributed by atoms with Gasteiger partial charge in [-0.3, -0.25) is 19.2 Å². The molecule has 256 valence electrons. The van der Waals surface area contributed by atoms with E-state index in [1.54, 1.807) is 122 Å². The van der Waals surface area contributed by atoms with Crippen LogP contribution in [0, 0.1) is 6.92 Å². The summed E-state index contributed by atoms with van der Waals surface area (Å²) in [6.45, 7) is 1.74. The van der Waals surface area contributed by atoms with Gasteiger partial charge in [-0.2, -0.15) is 0 Å². The number of benzene rings is 6. The Morgan fingerprint density at radius 3 is 1.58 bits per heavy atom. The molecule has 0 aliphatic carbocycles. The number of nitrogens with two attached hydrogens (primary N) is 2. The van der Waals surface area contributed by atoms with Crippen molar-refractivity contribution in [2.24, 2.45) is 0 Å². The second-order valence-electron chi connectivity index (χ2n) is 11.8. The molecule has 0 saturated carbocycles. The van der Waals surface area contributed by atoms with Gasteiger partial charge < -0.3 is 25.7 Å². The summed E-state index contributed by atoms with van der Waals surface area (Å²) in [7, 11) is 0. The van der Waals surface area contributed by atoms with Crippen LogP contribution in [0.3, 0.4) is 0 Å². The van der Waals surface area contributed by atoms with Crippen LogP contribution in [0.1, 0.15) is 36.6 Å². The van der Waals surface area contributed by atoms with E-state index in [0.717, 1.165) is 9.80 Å². The predicted octanol–water partition coefficient (Wildman–Crippen LogP) is 8.14. The monoisotopic (exact) mass is 690 g/mol. The Morgan fingerprint density at radius 2 is 1.02 bits per heavy atom. The standard InChI is InChI=1S/C41H30N4O7/c1-25-2-11-34(22-37(25)39(47)44(24-46)28-7-16-32(17-8-28)50-30-12-3-26(42)4-13-30)52-35-20-21-36-38(23-35)41(49)45(40(36)48)29-9-18-33(19-10-29)51-31-14-5-27(43)6-15-31/h2-24H,42-43H2,1H3. The first kappa shape index (κ1) is 33.1. The number of aryl methyl sites for hydroxylation is 1. The van der Waals surface area contributed by atoms with Gasteiger partial charge in [-0.05, 0) is 140 Å². The molecular formula is C41H30N4O7. The molecule has 0 radical (unpaired) electrons. The lowest BCUT2D eigenvalue weighted by atomic mass is 10.1. The molecule has 1 aliphatic rings. The number of fused-ring (bicyclic) bond motifs is 1. The van der Waals surface area contributed by atoms with E-state index in [0.29, 0.717) is 57.7 Å². The number of nitrogen functional groups attached to an aromatic ring is 2. The van der Waals surface area contributed by atoms with Gasteiger partial charge in [0.2, 0.25) is 6.41 Å². The Hall–Kier alpha value is -7.40. The Bertz CT molecular complexity index is 2320. The second-order valence-corrected chi connectivity index (χ2v) is 11.8. The van der Waals surface area contributed by atoms with Gasteiger partial charge in [0.05, 0.1) is 22.5 Å². The van der Waals surface area contributed by atoms with Crippen LogP contribution in [-0.4, -0.2) is 24.1 Å². The van der Waals surface area contributed by atoms with Crippen molar-refractivity contribution in [3.63, 3.8) is 0 Å². The molecule has 0 atom stereocenters. The van der Waals surface area contributed by atoms with Crippen molar-refractivity contribution in [3.05, 3.63) is 156 Å². The third kappa shape index (κ3) is 6.74. The molecule has 52 heavy (non-hydrogen) atoms. The number of hydrogen-bond acceptors (Lipinski definition) is 9. The molecule has 11 nitrogen and oxygen atoms in total. The third-order valence-electron chi connectivity index (χ3n) is 8.30. The summed E-state index contributed by atoms with van der Waals surface area (Å²) < 4.78 is 17.7. The molecule has 7 rings (SSSR count). The topological polar surface area (TPSA) is 154 Å². The van der Waals surface area contributed by atoms with E-state index in [1.165, 1.54) is 18.2 Å². The van der Waals surface area contributed by atoms with Crippen molar-refractivity contribution >= 4 is 46.9 Å². The molecule has 11 heteroatoms. The van der Waals surface area contributed by atoms with Crippen LogP contribution in [0.2, 0.25) is 0 Å². The highest BCUT2D eigenvalue weighted by Crippen LogP contribution is 2.35. The first-order valence-electron chi connectivity index (χ1n) is 16.0. The van der Waals surface area contributed by atoms with Gasteiger partial charge in [0.25, 0.3) is 17.7 Å². The molecule has 1 heterocycles. The number of carbonyl (C=O) groups is 4. The minimum absolute atomic E-state index is 0.170. The number of anilines is 4. The predicted molar refractivity (Wildman–Crippen MR) is 196 cm³/mol. The largest absolute Gasteiger partial charge is 0.457 e. The van der Waals surface area contributed by atoms with Gasteiger partial charge in [-0.25, -0.2) is 9.80 Å². The molecule has 6 aromatic rings. The van der Waals surface area contributed by atoms with Crippen molar-refractivity contribution < 1.29 is 33.4 Å². The quantitative estimate of drug-likeness (QED) is 0.0823. The van der Waals surface area contributed by atoms with E-state index < -0.39 is 17.7 Å². The third-order valence-corrected chi connectivity index (χ3v) is 8.30. The van der Waals surface area contributed by atoms with Crippen LogP contribution in [0.25, 0.3) is 0 Å². The van der Waals surface area contributed by atoms with Gasteiger partial charge in [-0.1, -0.05) is 6.07 Å². The zero-order valence-corrected chi connectivity index (χ0v) is 27.7. The van der Waals surface area contributed by atoms with Crippen LogP contribution in [0.5, 0.6) is 34.5 Å². The Kier molecular flexibility index (Phi) is 8.82. The molecular weight excluding hydrogens is 660 g/mol. The fraction of sp³-hybridized carbons (Fsp3) is 0.0244. The number of imide groups is 2. The van der Waals surface area contributed by atoms with Crippen molar-refractivity contribution in [2.45, 2.75) is 6.92 Å². The van der Waals surface area contributed by atoms with Crippen molar-refractivity contribution in [3.8, 4) is 34.5 Å². The van der Waals surface area contributed by atoms with Gasteiger partial charge in [0, 0.05) is 16.9 Å². The maximum Gasteiger partial charge on any atom is 0.266 e. The first-order valence-corrected chi connectivity index (χ1v) is 16.0. The molecule has 0 saturated heterocycles. The van der Waals surface area contributed by atoms with Crippen LogP contribution in [-0.2, 0) is 4.79 Å². The van der Waals surface area contributed by atoms with Gasteiger partial charge in [0.15, 0.2) is 0 Å². The number of amides is 4. The van der Waals surface area contributed by atoms with Crippen LogP contribution < -0.4 is 35.5 Å². The molecule has 0 spiro atoms. The first-order chi connectivity index (χ1) is 25.2. The maximum absolute atomic E-state index is 13.6. The second kappa shape index (κ2) is 13.8. The van der Waals surface area contributed by atoms with E-state index in [4.69, 9.17) is 25.7 Å². The number of nitrogens with zero attached hydrogens (tertiary/aromatic N) is 2. The lowest BCUT2D eigenvalue weighted by Crippen LogP contribution is -2.29. The SMILES string of the molecule is Cc1ccc(Oc2ccc3c(c2)C(=O)N(c2ccc(Oc4ccc(N)cc4)cc2)C3=O)cc1C(=O)N(C=O)c1ccc(Oc2ccc(N)cc2)cc1. The molecule has 4 N–H and O–H groups in total. The van der Waals surface area contributed by atoms with E-state index in [2.05, 4.69) is 0 Å². The molecule has 0 aromatic heterocycles. The molecule has 0 bridgehead atoms. The van der Waals surface area contributed by atoms with Crippen LogP contribution in [0.4, 0.5) is 22.7 Å². The normalized spacial score (nSPS) is 11.9. The van der Waals surface area contributed by atoms with E-state index >= 15 is 0 Å². The average molecular weight is 691 g/mol. The zero-order chi connectivity index (χ0) is 36.4. The highest BCUT2D eigenvalue weighted by atomic mass is 16.5. The lowest BCUT2D eigenvalue weighted by Gasteiger charge is -2.18. The Morgan fingerprint density at radius 1 is 0.577 bits per heavy atom. The summed E-state index contributed by atoms with van der Waals surface area (Å²) in [5.74, 6) is 1.22. The summed E-state index contributed by atoms with van der Waals surface area (Å²) in [5.41, 5.74) is 14.7. The highest BCUT2D eigenvalue weighted by molar-refractivity contribution is 6.34. The summed E-state index contributed by atoms with van der Waals surface area (Å²) in [6, 6.07) is 36.4. The number of rotatable bonds is 10. The van der Waals surface area contributed by atoms with E-state index in [9.17, 15) is 19.2 Å². The number of ether oxygens (including phenoxy) is 3. The minimum atomic E-state index is -0.569. The molecule has 6 aromatic carbocycles. The van der Waals surface area contributed by atoms with Gasteiger partial charge in [-0.15, -0.1) is 0 Å². The van der Waals surface area contributed by atoms with Crippen LogP contribution in [0.15, 0.2) is 133 Å². The molecule has 0 unspecified atom stereocenters. The highest BCUT2D eigenvalue weighted by Gasteiger charge is 2.37. The van der Waals surface area contributed by atoms with E-state index in [1.807, 2.05) is 0 Å². The van der Waals surface area contributed by atoms with Crippen molar-refractivity contribution in [1.82, 2.24) is 0 Å². The molecule has 4 amide bonds. The average Bonchev–Trinajstić information content (AvgIpc) is 3.40. The smallest absolute Gasteiger partial charge is 0.266 e. The zero-order valence-electron chi connectivity index (χ0n) is 27.7. The summed E-state index contributed by atoms with van der Waals surface area (Å²) in [6.07, 6.45) is 0.445. The van der Waals surface area contributed by atoms with Gasteiger partial charge >= 0.3 is 0 Å². The van der Waals surface area contributed by atoms with Crippen molar-refractivity contribution in [1.29, 1.82) is 0 Å². The van der Waals surface area contributed by atoms with Crippen molar-refractivity contribution in [2.75, 3.05) is 21.3 Å². The molecule has 0 fully saturated rings. The van der Waals surface area contributed by atoms with Crippen LogP contribution >= 0.6 is 0 Å². The Balaban J connectivity index is 1.05.